The summed E-state index contributed by atoms with van der Waals surface area (Å²) in [4.78, 5) is 26.7. The first-order chi connectivity index (χ1) is 9.47. The topological polar surface area (TPSA) is 84.0 Å². The van der Waals surface area contributed by atoms with Gasteiger partial charge in [0.15, 0.2) is 5.75 Å². The van der Waals surface area contributed by atoms with Gasteiger partial charge in [0.05, 0.1) is 13.2 Å². The number of aromatic nitrogens is 1. The molecular formula is C13H17NO6. The Morgan fingerprint density at radius 2 is 1.60 bits per heavy atom. The van der Waals surface area contributed by atoms with Gasteiger partial charge in [-0.1, -0.05) is 0 Å². The summed E-state index contributed by atoms with van der Waals surface area (Å²) in [6.45, 7) is 7.15. The molecule has 1 aromatic rings. The largest absolute Gasteiger partial charge is 0.515 e. The van der Waals surface area contributed by atoms with Crippen LogP contribution in [0.25, 0.3) is 0 Å². The normalized spacial score (nSPS) is 9.80. The minimum absolute atomic E-state index is 0.000368. The van der Waals surface area contributed by atoms with E-state index >= 15 is 0 Å². The van der Waals surface area contributed by atoms with Crippen molar-refractivity contribution in [3.8, 4) is 11.6 Å². The molecule has 0 fully saturated rings. The van der Waals surface area contributed by atoms with E-state index in [2.05, 4.69) is 14.5 Å². The van der Waals surface area contributed by atoms with Crippen molar-refractivity contribution >= 4 is 12.3 Å². The predicted molar refractivity (Wildman–Crippen MR) is 69.0 cm³/mol. The van der Waals surface area contributed by atoms with Gasteiger partial charge in [-0.05, 0) is 39.3 Å². The van der Waals surface area contributed by atoms with Crippen LogP contribution in [-0.2, 0) is 9.47 Å². The lowest BCUT2D eigenvalue weighted by atomic mass is 10.2. The summed E-state index contributed by atoms with van der Waals surface area (Å²) in [5.74, 6) is -0.140. The summed E-state index contributed by atoms with van der Waals surface area (Å²) in [5.41, 5.74) is 1.42. The maximum Gasteiger partial charge on any atom is 0.515 e. The number of carbonyl (C=O) groups excluding carboxylic acids is 2. The molecule has 7 nitrogen and oxygen atoms in total. The van der Waals surface area contributed by atoms with Crippen LogP contribution in [-0.4, -0.2) is 30.5 Å². The SMILES string of the molecule is CCOC(=O)Oc1cc(C)c(C)nc1OC(=O)OCC. The molecule has 0 atom stereocenters. The average molecular weight is 283 g/mol. The molecule has 0 spiro atoms. The van der Waals surface area contributed by atoms with Gasteiger partial charge >= 0.3 is 12.3 Å². The highest BCUT2D eigenvalue weighted by Gasteiger charge is 2.18. The first kappa shape index (κ1) is 15.7. The van der Waals surface area contributed by atoms with E-state index in [1.807, 2.05) is 0 Å². The quantitative estimate of drug-likeness (QED) is 0.785. The summed E-state index contributed by atoms with van der Waals surface area (Å²) < 4.78 is 19.2. The second kappa shape index (κ2) is 7.32. The molecule has 0 aliphatic heterocycles. The molecule has 20 heavy (non-hydrogen) atoms. The Labute approximate surface area is 116 Å². The standard InChI is InChI=1S/C13H17NO6/c1-5-17-12(15)19-10-7-8(3)9(4)14-11(10)20-13(16)18-6-2/h7H,5-6H2,1-4H3. The summed E-state index contributed by atoms with van der Waals surface area (Å²) >= 11 is 0. The fraction of sp³-hybridized carbons (Fsp3) is 0.462. The Balaban J connectivity index is 2.98. The second-order valence-corrected chi connectivity index (χ2v) is 3.76. The Morgan fingerprint density at radius 3 is 2.15 bits per heavy atom. The van der Waals surface area contributed by atoms with Gasteiger partial charge in [-0.2, -0.15) is 0 Å². The summed E-state index contributed by atoms with van der Waals surface area (Å²) in [7, 11) is 0. The monoisotopic (exact) mass is 283 g/mol. The minimum Gasteiger partial charge on any atom is -0.434 e. The molecule has 0 aliphatic carbocycles. The zero-order valence-corrected chi connectivity index (χ0v) is 11.9. The first-order valence-electron chi connectivity index (χ1n) is 6.15. The lowest BCUT2D eigenvalue weighted by molar-refractivity contribution is 0.0924. The highest BCUT2D eigenvalue weighted by molar-refractivity contribution is 5.68. The second-order valence-electron chi connectivity index (χ2n) is 3.76. The van der Waals surface area contributed by atoms with Crippen LogP contribution in [0.5, 0.6) is 11.6 Å². The molecule has 110 valence electrons. The molecule has 1 rings (SSSR count). The zero-order chi connectivity index (χ0) is 15.1. The maximum absolute atomic E-state index is 11.3. The van der Waals surface area contributed by atoms with Crippen molar-refractivity contribution in [1.29, 1.82) is 0 Å². The van der Waals surface area contributed by atoms with Crippen molar-refractivity contribution in [3.05, 3.63) is 17.3 Å². The number of ether oxygens (including phenoxy) is 4. The van der Waals surface area contributed by atoms with Gasteiger partial charge in [-0.15, -0.1) is 0 Å². The molecule has 7 heteroatoms. The van der Waals surface area contributed by atoms with E-state index in [1.165, 1.54) is 6.07 Å². The van der Waals surface area contributed by atoms with Crippen LogP contribution < -0.4 is 9.47 Å². The number of nitrogens with zero attached hydrogens (tertiary/aromatic N) is 1. The number of hydrogen-bond acceptors (Lipinski definition) is 7. The van der Waals surface area contributed by atoms with Crippen LogP contribution in [0.15, 0.2) is 6.07 Å². The van der Waals surface area contributed by atoms with Gasteiger partial charge in [0, 0.05) is 5.69 Å². The molecule has 0 aromatic carbocycles. The molecule has 1 aromatic heterocycles. The van der Waals surface area contributed by atoms with Gasteiger partial charge in [-0.25, -0.2) is 14.6 Å². The van der Waals surface area contributed by atoms with Crippen molar-refractivity contribution < 1.29 is 28.5 Å². The number of aryl methyl sites for hydroxylation is 2. The summed E-state index contributed by atoms with van der Waals surface area (Å²) in [6, 6.07) is 1.54. The average Bonchev–Trinajstić information content (AvgIpc) is 2.36. The highest BCUT2D eigenvalue weighted by atomic mass is 16.7. The van der Waals surface area contributed by atoms with Gasteiger partial charge < -0.3 is 18.9 Å². The van der Waals surface area contributed by atoms with Crippen LogP contribution in [0, 0.1) is 13.8 Å². The lowest BCUT2D eigenvalue weighted by Crippen LogP contribution is -2.15. The van der Waals surface area contributed by atoms with Crippen molar-refractivity contribution in [2.75, 3.05) is 13.2 Å². The Kier molecular flexibility index (Phi) is 5.76. The van der Waals surface area contributed by atoms with Crippen LogP contribution in [0.3, 0.4) is 0 Å². The first-order valence-corrected chi connectivity index (χ1v) is 6.15. The summed E-state index contributed by atoms with van der Waals surface area (Å²) in [5, 5.41) is 0. The predicted octanol–water partition coefficient (Wildman–Crippen LogP) is 2.77. The maximum atomic E-state index is 11.3. The number of carbonyl (C=O) groups is 2. The van der Waals surface area contributed by atoms with Gasteiger partial charge in [0.1, 0.15) is 0 Å². The van der Waals surface area contributed by atoms with E-state index in [1.54, 1.807) is 27.7 Å². The molecule has 0 N–H and O–H groups in total. The Morgan fingerprint density at radius 1 is 1.05 bits per heavy atom. The molecule has 1 heterocycles. The van der Waals surface area contributed by atoms with Crippen molar-refractivity contribution in [1.82, 2.24) is 4.98 Å². The van der Waals surface area contributed by atoms with Crippen LogP contribution in [0.4, 0.5) is 9.59 Å². The summed E-state index contributed by atoms with van der Waals surface area (Å²) in [6.07, 6.45) is -1.82. The zero-order valence-electron chi connectivity index (χ0n) is 11.9. The van der Waals surface area contributed by atoms with Gasteiger partial charge in [0.2, 0.25) is 0 Å². The van der Waals surface area contributed by atoms with E-state index in [9.17, 15) is 9.59 Å². The molecular weight excluding hydrogens is 266 g/mol. The van der Waals surface area contributed by atoms with Gasteiger partial charge in [0.25, 0.3) is 5.88 Å². The fourth-order valence-electron chi connectivity index (χ4n) is 1.27. The van der Waals surface area contributed by atoms with Crippen LogP contribution >= 0.6 is 0 Å². The third-order valence-electron chi connectivity index (χ3n) is 2.30. The number of pyridine rings is 1. The van der Waals surface area contributed by atoms with E-state index in [4.69, 9.17) is 9.47 Å². The van der Waals surface area contributed by atoms with Crippen LogP contribution in [0.1, 0.15) is 25.1 Å². The van der Waals surface area contributed by atoms with E-state index in [0.717, 1.165) is 5.56 Å². The van der Waals surface area contributed by atoms with E-state index < -0.39 is 12.3 Å². The minimum atomic E-state index is -0.919. The smallest absolute Gasteiger partial charge is 0.434 e. The molecule has 0 unspecified atom stereocenters. The van der Waals surface area contributed by atoms with Crippen LogP contribution in [0.2, 0.25) is 0 Å². The molecule has 0 saturated heterocycles. The highest BCUT2D eigenvalue weighted by Crippen LogP contribution is 2.28. The molecule has 0 saturated carbocycles. The fourth-order valence-corrected chi connectivity index (χ4v) is 1.27. The lowest BCUT2D eigenvalue weighted by Gasteiger charge is -2.11. The van der Waals surface area contributed by atoms with Crippen molar-refractivity contribution in [3.63, 3.8) is 0 Å². The molecule has 0 amide bonds. The molecule has 0 bridgehead atoms. The van der Waals surface area contributed by atoms with Crippen molar-refractivity contribution in [2.24, 2.45) is 0 Å². The van der Waals surface area contributed by atoms with Gasteiger partial charge in [-0.3, -0.25) is 0 Å². The molecule has 0 radical (unpaired) electrons. The van der Waals surface area contributed by atoms with E-state index in [-0.39, 0.29) is 24.8 Å². The number of hydrogen-bond donors (Lipinski definition) is 0. The third kappa shape index (κ3) is 4.42. The Hall–Kier alpha value is -2.31. The third-order valence-corrected chi connectivity index (χ3v) is 2.30. The van der Waals surface area contributed by atoms with Crippen molar-refractivity contribution in [2.45, 2.75) is 27.7 Å². The van der Waals surface area contributed by atoms with E-state index in [0.29, 0.717) is 5.69 Å². The number of rotatable bonds is 4. The Bertz CT molecular complexity index is 455. The molecule has 0 aliphatic rings.